The number of fused-ring (bicyclic) bond motifs is 1. The number of hydrogen-bond donors (Lipinski definition) is 2. The van der Waals surface area contributed by atoms with E-state index in [1.54, 1.807) is 6.20 Å². The lowest BCUT2D eigenvalue weighted by atomic mass is 10.0. The molecule has 2 N–H and O–H groups in total. The first kappa shape index (κ1) is 15.7. The number of alkyl halides is 1. The molecule has 5 heteroatoms. The van der Waals surface area contributed by atoms with Gasteiger partial charge >= 0.3 is 0 Å². The van der Waals surface area contributed by atoms with E-state index in [4.69, 9.17) is 11.6 Å². The number of pyridine rings is 1. The topological polar surface area (TPSA) is 37.0 Å². The minimum atomic E-state index is -0.819. The maximum absolute atomic E-state index is 13.8. The fourth-order valence-corrected chi connectivity index (χ4v) is 3.27. The zero-order valence-corrected chi connectivity index (χ0v) is 13.5. The van der Waals surface area contributed by atoms with E-state index in [1.165, 1.54) is 5.56 Å². The van der Waals surface area contributed by atoms with Crippen molar-refractivity contribution >= 4 is 22.5 Å². The van der Waals surface area contributed by atoms with Crippen molar-refractivity contribution in [1.82, 2.24) is 15.6 Å². The van der Waals surface area contributed by atoms with Gasteiger partial charge in [0.05, 0.1) is 10.5 Å². The van der Waals surface area contributed by atoms with E-state index in [2.05, 4.69) is 28.6 Å². The molecule has 2 heterocycles. The average Bonchev–Trinajstić information content (AvgIpc) is 2.51. The molecule has 2 unspecified atom stereocenters. The molecule has 118 valence electrons. The second-order valence-electron chi connectivity index (χ2n) is 5.92. The summed E-state index contributed by atoms with van der Waals surface area (Å²) < 4.78 is 13.8. The first-order valence-electron chi connectivity index (χ1n) is 7.77. The molecule has 3 nitrogen and oxygen atoms in total. The van der Waals surface area contributed by atoms with Crippen LogP contribution in [0.5, 0.6) is 0 Å². The lowest BCUT2D eigenvalue weighted by Crippen LogP contribution is -2.49. The molecular weight excluding hydrogens is 301 g/mol. The summed E-state index contributed by atoms with van der Waals surface area (Å²) in [4.78, 5) is 4.37. The minimum absolute atomic E-state index is 0.0603. The summed E-state index contributed by atoms with van der Waals surface area (Å²) in [5.41, 5.74) is 3.23. The molecule has 0 amide bonds. The highest BCUT2D eigenvalue weighted by molar-refractivity contribution is 6.32. The van der Waals surface area contributed by atoms with Crippen LogP contribution in [-0.2, 0) is 6.42 Å². The standard InChI is InChI=1S/C17H21ClFN3/c1-11-2-3-16-13(8-11)12(14(18)9-22-16)4-7-21-17-5-6-20-10-15(17)19/h2-3,8-9,15,17,20-21H,4-7,10H2,1H3. The number of aryl methyl sites for hydroxylation is 1. The van der Waals surface area contributed by atoms with Gasteiger partial charge in [-0.2, -0.15) is 0 Å². The van der Waals surface area contributed by atoms with Crippen LogP contribution in [0.3, 0.4) is 0 Å². The predicted octanol–water partition coefficient (Wildman–Crippen LogP) is 3.03. The first-order valence-corrected chi connectivity index (χ1v) is 8.15. The van der Waals surface area contributed by atoms with Gasteiger partial charge in [-0.05, 0) is 50.6 Å². The second-order valence-corrected chi connectivity index (χ2v) is 6.33. The summed E-state index contributed by atoms with van der Waals surface area (Å²) in [6, 6.07) is 6.12. The molecule has 1 aromatic heterocycles. The summed E-state index contributed by atoms with van der Waals surface area (Å²) in [6.45, 7) is 4.09. The predicted molar refractivity (Wildman–Crippen MR) is 89.4 cm³/mol. The smallest absolute Gasteiger partial charge is 0.128 e. The number of halogens is 2. The highest BCUT2D eigenvalue weighted by atomic mass is 35.5. The van der Waals surface area contributed by atoms with Crippen LogP contribution in [0.15, 0.2) is 24.4 Å². The molecular formula is C17H21ClFN3. The van der Waals surface area contributed by atoms with E-state index in [9.17, 15) is 4.39 Å². The van der Waals surface area contributed by atoms with Gasteiger partial charge in [0.15, 0.2) is 0 Å². The Morgan fingerprint density at radius 2 is 2.32 bits per heavy atom. The Hall–Kier alpha value is -1.23. The Morgan fingerprint density at radius 3 is 3.14 bits per heavy atom. The zero-order chi connectivity index (χ0) is 15.5. The van der Waals surface area contributed by atoms with Crippen LogP contribution in [0.2, 0.25) is 5.02 Å². The normalized spacial score (nSPS) is 22.1. The third kappa shape index (κ3) is 3.40. The number of nitrogens with zero attached hydrogens (tertiary/aromatic N) is 1. The maximum atomic E-state index is 13.8. The van der Waals surface area contributed by atoms with Crippen molar-refractivity contribution in [3.05, 3.63) is 40.5 Å². The Labute approximate surface area is 135 Å². The van der Waals surface area contributed by atoms with E-state index >= 15 is 0 Å². The SMILES string of the molecule is Cc1ccc2ncc(Cl)c(CCNC3CCNCC3F)c2c1. The highest BCUT2D eigenvalue weighted by Gasteiger charge is 2.23. The zero-order valence-electron chi connectivity index (χ0n) is 12.7. The molecule has 0 radical (unpaired) electrons. The number of hydrogen-bond acceptors (Lipinski definition) is 3. The van der Waals surface area contributed by atoms with Crippen LogP contribution in [0.1, 0.15) is 17.5 Å². The molecule has 3 rings (SSSR count). The highest BCUT2D eigenvalue weighted by Crippen LogP contribution is 2.25. The van der Waals surface area contributed by atoms with E-state index in [1.807, 2.05) is 12.1 Å². The van der Waals surface area contributed by atoms with Crippen LogP contribution in [-0.4, -0.2) is 36.8 Å². The van der Waals surface area contributed by atoms with Gasteiger partial charge in [0.2, 0.25) is 0 Å². The third-order valence-electron chi connectivity index (χ3n) is 4.27. The van der Waals surface area contributed by atoms with Crippen LogP contribution in [0.4, 0.5) is 4.39 Å². The lowest BCUT2D eigenvalue weighted by molar-refractivity contribution is 0.204. The molecule has 2 atom stereocenters. The second kappa shape index (κ2) is 6.90. The molecule has 0 bridgehead atoms. The fraction of sp³-hybridized carbons (Fsp3) is 0.471. The molecule has 1 aliphatic rings. The lowest BCUT2D eigenvalue weighted by Gasteiger charge is -2.27. The molecule has 1 aliphatic heterocycles. The van der Waals surface area contributed by atoms with E-state index in [-0.39, 0.29) is 6.04 Å². The Balaban J connectivity index is 1.73. The Morgan fingerprint density at radius 1 is 1.45 bits per heavy atom. The molecule has 1 saturated heterocycles. The number of nitrogens with one attached hydrogen (secondary N) is 2. The number of aromatic nitrogens is 1. The largest absolute Gasteiger partial charge is 0.314 e. The van der Waals surface area contributed by atoms with Gasteiger partial charge in [-0.1, -0.05) is 23.2 Å². The van der Waals surface area contributed by atoms with Crippen molar-refractivity contribution in [2.24, 2.45) is 0 Å². The Kier molecular flexibility index (Phi) is 4.91. The first-order chi connectivity index (χ1) is 10.6. The van der Waals surface area contributed by atoms with E-state index in [0.717, 1.165) is 42.4 Å². The van der Waals surface area contributed by atoms with Crippen LogP contribution < -0.4 is 10.6 Å². The van der Waals surface area contributed by atoms with Crippen molar-refractivity contribution in [2.75, 3.05) is 19.6 Å². The Bertz CT molecular complexity index is 656. The molecule has 1 aromatic carbocycles. The summed E-state index contributed by atoms with van der Waals surface area (Å²) in [5, 5.41) is 8.18. The van der Waals surface area contributed by atoms with Gasteiger partial charge in [0.25, 0.3) is 0 Å². The molecule has 22 heavy (non-hydrogen) atoms. The van der Waals surface area contributed by atoms with Gasteiger partial charge in [-0.3, -0.25) is 4.98 Å². The van der Waals surface area contributed by atoms with Gasteiger partial charge in [-0.25, -0.2) is 4.39 Å². The van der Waals surface area contributed by atoms with Gasteiger partial charge < -0.3 is 10.6 Å². The van der Waals surface area contributed by atoms with Crippen LogP contribution in [0, 0.1) is 6.92 Å². The number of piperidine rings is 1. The molecule has 0 aliphatic carbocycles. The minimum Gasteiger partial charge on any atom is -0.314 e. The van der Waals surface area contributed by atoms with Crippen molar-refractivity contribution in [1.29, 1.82) is 0 Å². The third-order valence-corrected chi connectivity index (χ3v) is 4.60. The van der Waals surface area contributed by atoms with Crippen LogP contribution >= 0.6 is 11.6 Å². The van der Waals surface area contributed by atoms with Crippen molar-refractivity contribution in [3.63, 3.8) is 0 Å². The van der Waals surface area contributed by atoms with Crippen molar-refractivity contribution < 1.29 is 4.39 Å². The van der Waals surface area contributed by atoms with Crippen molar-refractivity contribution in [3.8, 4) is 0 Å². The summed E-state index contributed by atoms with van der Waals surface area (Å²) in [7, 11) is 0. The van der Waals surface area contributed by atoms with Gasteiger partial charge in [0.1, 0.15) is 6.17 Å². The molecule has 0 saturated carbocycles. The van der Waals surface area contributed by atoms with Gasteiger partial charge in [0, 0.05) is 24.2 Å². The van der Waals surface area contributed by atoms with E-state index in [0.29, 0.717) is 11.6 Å². The van der Waals surface area contributed by atoms with Crippen LogP contribution in [0.25, 0.3) is 10.9 Å². The monoisotopic (exact) mass is 321 g/mol. The van der Waals surface area contributed by atoms with Gasteiger partial charge in [-0.15, -0.1) is 0 Å². The molecule has 1 fully saturated rings. The summed E-state index contributed by atoms with van der Waals surface area (Å²) >= 11 is 6.33. The van der Waals surface area contributed by atoms with Crippen molar-refractivity contribution in [2.45, 2.75) is 32.0 Å². The van der Waals surface area contributed by atoms with E-state index < -0.39 is 6.17 Å². The quantitative estimate of drug-likeness (QED) is 0.909. The molecule has 2 aromatic rings. The summed E-state index contributed by atoms with van der Waals surface area (Å²) in [6.07, 6.45) is 2.49. The number of rotatable bonds is 4. The summed E-state index contributed by atoms with van der Waals surface area (Å²) in [5.74, 6) is 0. The maximum Gasteiger partial charge on any atom is 0.128 e. The number of benzene rings is 1. The molecule has 0 spiro atoms. The average molecular weight is 322 g/mol. The fourth-order valence-electron chi connectivity index (χ4n) is 3.02.